The first-order valence-corrected chi connectivity index (χ1v) is 10.9. The lowest BCUT2D eigenvalue weighted by molar-refractivity contribution is -0.151. The molecule has 0 bridgehead atoms. The molecular formula is C25H31NO7. The van der Waals surface area contributed by atoms with Crippen LogP contribution in [0, 0.1) is 11.8 Å². The summed E-state index contributed by atoms with van der Waals surface area (Å²) in [4.78, 5) is 39.5. The molecule has 2 aliphatic rings. The third kappa shape index (κ3) is 4.47. The van der Waals surface area contributed by atoms with Gasteiger partial charge in [-0.2, -0.15) is 0 Å². The molecule has 1 aromatic carbocycles. The van der Waals surface area contributed by atoms with Crippen LogP contribution in [0.2, 0.25) is 0 Å². The monoisotopic (exact) mass is 457 g/mol. The molecule has 0 amide bonds. The molecule has 1 heterocycles. The molecule has 33 heavy (non-hydrogen) atoms. The van der Waals surface area contributed by atoms with Crippen LogP contribution in [-0.2, 0) is 23.9 Å². The summed E-state index contributed by atoms with van der Waals surface area (Å²) in [7, 11) is 4.32. The van der Waals surface area contributed by atoms with E-state index in [9.17, 15) is 14.4 Å². The van der Waals surface area contributed by atoms with Crippen molar-refractivity contribution in [3.63, 3.8) is 0 Å². The lowest BCUT2D eigenvalue weighted by Gasteiger charge is -2.38. The second-order valence-electron chi connectivity index (χ2n) is 8.60. The van der Waals surface area contributed by atoms with Gasteiger partial charge in [0.05, 0.1) is 38.9 Å². The van der Waals surface area contributed by atoms with Crippen LogP contribution < -0.4 is 14.8 Å². The zero-order chi connectivity index (χ0) is 24.4. The minimum absolute atomic E-state index is 0.263. The Hall–Kier alpha value is -3.29. The maximum Gasteiger partial charge on any atom is 0.337 e. The first-order valence-electron chi connectivity index (χ1n) is 10.9. The standard InChI is InChI=1S/C25H31NO7/c1-12(2)33-25(29)20-14(4)26-17-10-13(3)19(24(28)32-7)23(27)22(17)21(20)16-11-15(30-5)8-9-18(16)31-6/h8-9,11-13,19,21,26H,10H2,1-7H3/t13-,19+,21-/m0/s1. The minimum atomic E-state index is -0.963. The summed E-state index contributed by atoms with van der Waals surface area (Å²) < 4.78 is 21.5. The largest absolute Gasteiger partial charge is 0.497 e. The number of ketones is 1. The molecule has 178 valence electrons. The van der Waals surface area contributed by atoms with Gasteiger partial charge in [0.2, 0.25) is 0 Å². The number of dihydropyridines is 1. The van der Waals surface area contributed by atoms with Gasteiger partial charge in [0.15, 0.2) is 5.78 Å². The fourth-order valence-corrected chi connectivity index (χ4v) is 4.60. The number of hydrogen-bond donors (Lipinski definition) is 1. The van der Waals surface area contributed by atoms with Gasteiger partial charge in [0, 0.05) is 22.5 Å². The maximum atomic E-state index is 13.8. The second kappa shape index (κ2) is 9.68. The first-order chi connectivity index (χ1) is 15.6. The summed E-state index contributed by atoms with van der Waals surface area (Å²) in [5, 5.41) is 3.24. The molecule has 0 saturated carbocycles. The van der Waals surface area contributed by atoms with Gasteiger partial charge in [-0.3, -0.25) is 9.59 Å². The zero-order valence-electron chi connectivity index (χ0n) is 20.1. The van der Waals surface area contributed by atoms with E-state index in [1.165, 1.54) is 21.3 Å². The summed E-state index contributed by atoms with van der Waals surface area (Å²) in [5.41, 5.74) is 2.48. The predicted molar refractivity (Wildman–Crippen MR) is 121 cm³/mol. The number of ether oxygens (including phenoxy) is 4. The summed E-state index contributed by atoms with van der Waals surface area (Å²) in [6, 6.07) is 5.21. The van der Waals surface area contributed by atoms with Gasteiger partial charge in [-0.05, 0) is 51.3 Å². The first kappa shape index (κ1) is 24.4. The van der Waals surface area contributed by atoms with Crippen molar-refractivity contribution in [3.05, 3.63) is 46.3 Å². The van der Waals surface area contributed by atoms with Crippen LogP contribution in [0.15, 0.2) is 40.7 Å². The highest BCUT2D eigenvalue weighted by Crippen LogP contribution is 2.48. The molecule has 0 aromatic heterocycles. The van der Waals surface area contributed by atoms with Crippen molar-refractivity contribution in [2.24, 2.45) is 11.8 Å². The highest BCUT2D eigenvalue weighted by atomic mass is 16.5. The van der Waals surface area contributed by atoms with Gasteiger partial charge >= 0.3 is 11.9 Å². The Labute approximate surface area is 193 Å². The molecule has 1 aliphatic heterocycles. The molecule has 3 atom stereocenters. The minimum Gasteiger partial charge on any atom is -0.497 e. The molecule has 0 fully saturated rings. The van der Waals surface area contributed by atoms with Gasteiger partial charge in [0.1, 0.15) is 17.4 Å². The van der Waals surface area contributed by atoms with E-state index in [0.29, 0.717) is 46.0 Å². The van der Waals surface area contributed by atoms with E-state index in [1.807, 2.05) is 6.92 Å². The Bertz CT molecular complexity index is 1040. The normalized spacial score (nSPS) is 22.5. The van der Waals surface area contributed by atoms with Gasteiger partial charge in [0.25, 0.3) is 0 Å². The third-order valence-corrected chi connectivity index (χ3v) is 6.05. The van der Waals surface area contributed by atoms with Crippen LogP contribution in [0.3, 0.4) is 0 Å². The second-order valence-corrected chi connectivity index (χ2v) is 8.60. The summed E-state index contributed by atoms with van der Waals surface area (Å²) >= 11 is 0. The summed E-state index contributed by atoms with van der Waals surface area (Å²) in [6.07, 6.45) is 0.0962. The summed E-state index contributed by atoms with van der Waals surface area (Å²) in [5.74, 6) is -2.51. The fraction of sp³-hybridized carbons (Fsp3) is 0.480. The fourth-order valence-electron chi connectivity index (χ4n) is 4.60. The Morgan fingerprint density at radius 3 is 2.39 bits per heavy atom. The SMILES string of the molecule is COC(=O)[C@H]1C(=O)C2=C(C[C@@H]1C)NC(C)=C(C(=O)OC(C)C)[C@@H]2c1cc(OC)ccc1OC. The number of nitrogens with one attached hydrogen (secondary N) is 1. The number of methoxy groups -OCH3 is 3. The Kier molecular flexibility index (Phi) is 7.15. The molecule has 0 unspecified atom stereocenters. The van der Waals surface area contributed by atoms with Crippen molar-refractivity contribution in [2.75, 3.05) is 21.3 Å². The van der Waals surface area contributed by atoms with Crippen LogP contribution in [-0.4, -0.2) is 45.2 Å². The quantitative estimate of drug-likeness (QED) is 0.513. The molecule has 0 saturated heterocycles. The van der Waals surface area contributed by atoms with Crippen LogP contribution in [0.5, 0.6) is 11.5 Å². The van der Waals surface area contributed by atoms with Crippen molar-refractivity contribution < 1.29 is 33.3 Å². The number of Topliss-reactive ketones (excluding diaryl/α,β-unsaturated/α-hetero) is 1. The molecular weight excluding hydrogens is 426 g/mol. The van der Waals surface area contributed by atoms with E-state index in [1.54, 1.807) is 39.0 Å². The smallest absolute Gasteiger partial charge is 0.337 e. The number of rotatable bonds is 6. The number of benzene rings is 1. The lowest BCUT2D eigenvalue weighted by atomic mass is 9.69. The number of allylic oxidation sites excluding steroid dienone is 3. The van der Waals surface area contributed by atoms with E-state index in [4.69, 9.17) is 18.9 Å². The van der Waals surface area contributed by atoms with Crippen LogP contribution in [0.4, 0.5) is 0 Å². The molecule has 1 aliphatic carbocycles. The van der Waals surface area contributed by atoms with Crippen molar-refractivity contribution in [1.29, 1.82) is 0 Å². The van der Waals surface area contributed by atoms with Crippen LogP contribution in [0.25, 0.3) is 0 Å². The Balaban J connectivity index is 2.28. The molecule has 1 N–H and O–H groups in total. The van der Waals surface area contributed by atoms with Gasteiger partial charge in [-0.25, -0.2) is 4.79 Å². The average molecular weight is 458 g/mol. The molecule has 1 aromatic rings. The van der Waals surface area contributed by atoms with Crippen molar-refractivity contribution in [3.8, 4) is 11.5 Å². The highest BCUT2D eigenvalue weighted by molar-refractivity contribution is 6.12. The van der Waals surface area contributed by atoms with Crippen LogP contribution >= 0.6 is 0 Å². The number of esters is 2. The highest BCUT2D eigenvalue weighted by Gasteiger charge is 2.48. The van der Waals surface area contributed by atoms with E-state index >= 15 is 0 Å². The molecule has 0 spiro atoms. The van der Waals surface area contributed by atoms with E-state index in [2.05, 4.69) is 5.32 Å². The number of carbonyl (C=O) groups is 3. The lowest BCUT2D eigenvalue weighted by Crippen LogP contribution is -2.43. The molecule has 8 nitrogen and oxygen atoms in total. The third-order valence-electron chi connectivity index (χ3n) is 6.05. The van der Waals surface area contributed by atoms with E-state index in [0.717, 1.165) is 0 Å². The average Bonchev–Trinajstić information content (AvgIpc) is 2.76. The van der Waals surface area contributed by atoms with Gasteiger partial charge < -0.3 is 24.3 Å². The van der Waals surface area contributed by atoms with Crippen molar-refractivity contribution >= 4 is 17.7 Å². The Morgan fingerprint density at radius 2 is 1.82 bits per heavy atom. The number of carbonyl (C=O) groups excluding carboxylic acids is 3. The summed E-state index contributed by atoms with van der Waals surface area (Å²) in [6.45, 7) is 7.14. The van der Waals surface area contributed by atoms with Crippen molar-refractivity contribution in [1.82, 2.24) is 5.32 Å². The maximum absolute atomic E-state index is 13.8. The Morgan fingerprint density at radius 1 is 1.12 bits per heavy atom. The van der Waals surface area contributed by atoms with E-state index < -0.39 is 23.8 Å². The van der Waals surface area contributed by atoms with Crippen LogP contribution in [0.1, 0.15) is 45.6 Å². The molecule has 0 radical (unpaired) electrons. The predicted octanol–water partition coefficient (Wildman–Crippen LogP) is 3.27. The molecule has 3 rings (SSSR count). The van der Waals surface area contributed by atoms with Gasteiger partial charge in [-0.1, -0.05) is 6.92 Å². The number of hydrogen-bond acceptors (Lipinski definition) is 8. The molecule has 8 heteroatoms. The zero-order valence-corrected chi connectivity index (χ0v) is 20.1. The van der Waals surface area contributed by atoms with Gasteiger partial charge in [-0.15, -0.1) is 0 Å². The van der Waals surface area contributed by atoms with Crippen molar-refractivity contribution in [2.45, 2.75) is 46.1 Å². The topological polar surface area (TPSA) is 100 Å². The van der Waals surface area contributed by atoms with E-state index in [-0.39, 0.29) is 17.8 Å².